The summed E-state index contributed by atoms with van der Waals surface area (Å²) >= 11 is 0. The van der Waals surface area contributed by atoms with E-state index in [1.54, 1.807) is 5.57 Å². The maximum Gasteiger partial charge on any atom is 0.171 e. The molecular weight excluding hydrogens is 372 g/mol. The first-order valence-corrected chi connectivity index (χ1v) is 13.0. The smallest absolute Gasteiger partial charge is 0.171 e. The first kappa shape index (κ1) is 20.2. The zero-order valence-corrected chi connectivity index (χ0v) is 19.5. The second-order valence-electron chi connectivity index (χ2n) is 12.7. The molecule has 0 aromatic carbocycles. The summed E-state index contributed by atoms with van der Waals surface area (Å²) in [7, 11) is 0. The molecule has 30 heavy (non-hydrogen) atoms. The van der Waals surface area contributed by atoms with Crippen LogP contribution < -0.4 is 0 Å². The zero-order chi connectivity index (χ0) is 20.9. The zero-order valence-electron chi connectivity index (χ0n) is 19.5. The Bertz CT molecular complexity index is 736. The molecule has 2 aliphatic heterocycles. The van der Waals surface area contributed by atoms with Crippen molar-refractivity contribution in [3.63, 3.8) is 0 Å². The molecule has 3 nitrogen and oxygen atoms in total. The van der Waals surface area contributed by atoms with Gasteiger partial charge in [-0.1, -0.05) is 39.3 Å². The molecule has 1 spiro atoms. The highest BCUT2D eigenvalue weighted by Gasteiger charge is 2.67. The Kier molecular flexibility index (Phi) is 4.44. The van der Waals surface area contributed by atoms with Crippen molar-refractivity contribution >= 4 is 0 Å². The molecule has 2 saturated heterocycles. The van der Waals surface area contributed by atoms with Crippen molar-refractivity contribution in [3.8, 4) is 0 Å². The summed E-state index contributed by atoms with van der Waals surface area (Å²) in [6.45, 7) is 10.7. The maximum atomic E-state index is 10.3. The van der Waals surface area contributed by atoms with Crippen molar-refractivity contribution < 1.29 is 14.6 Å². The van der Waals surface area contributed by atoms with E-state index in [-0.39, 0.29) is 11.9 Å². The molecule has 2 heterocycles. The number of aliphatic hydroxyl groups excluding tert-OH is 1. The average Bonchev–Trinajstić information content (AvgIpc) is 3.16. The van der Waals surface area contributed by atoms with Gasteiger partial charge in [-0.2, -0.15) is 0 Å². The van der Waals surface area contributed by atoms with Gasteiger partial charge in [-0.15, -0.1) is 0 Å². The molecule has 5 fully saturated rings. The number of ether oxygens (including phenoxy) is 2. The van der Waals surface area contributed by atoms with Crippen molar-refractivity contribution in [2.45, 2.75) is 103 Å². The lowest BCUT2D eigenvalue weighted by Gasteiger charge is -2.57. The summed E-state index contributed by atoms with van der Waals surface area (Å²) in [4.78, 5) is 0. The van der Waals surface area contributed by atoms with Crippen molar-refractivity contribution in [1.29, 1.82) is 0 Å². The van der Waals surface area contributed by atoms with Crippen molar-refractivity contribution in [3.05, 3.63) is 11.6 Å². The van der Waals surface area contributed by atoms with E-state index in [9.17, 15) is 5.11 Å². The van der Waals surface area contributed by atoms with E-state index in [1.165, 1.54) is 38.5 Å². The number of aliphatic hydroxyl groups is 1. The Morgan fingerprint density at radius 3 is 2.63 bits per heavy atom. The SMILES string of the molecule is C[C@@H]1CC[C@]2(OC1)O[C@@H]1C[C@@H]3[C@@H]4CC[C@H]5C[C@H](O)CC[C@]5(C)C4=CC[C@]3(C)[C@@H]1[C@H]2C. The van der Waals surface area contributed by atoms with Gasteiger partial charge in [0.25, 0.3) is 0 Å². The lowest BCUT2D eigenvalue weighted by molar-refractivity contribution is -0.272. The van der Waals surface area contributed by atoms with Crippen LogP contribution in [0, 0.1) is 46.3 Å². The standard InChI is InChI=1S/C27H42O3/c1-16-7-12-27(29-15-16)17(2)24-23(30-27)14-22-20-6-5-18-13-19(28)8-10-25(18,3)21(20)9-11-26(22,24)4/h9,16-20,22-24,28H,5-8,10-15H2,1-4H3/t16-,17-,18+,19-,20-,22-,23-,24-,25+,26+,27+/m1/s1. The molecule has 6 aliphatic rings. The minimum absolute atomic E-state index is 0.0661. The lowest BCUT2D eigenvalue weighted by Crippen LogP contribution is -2.50. The normalized spacial score (nSPS) is 59.8. The molecule has 0 aromatic heterocycles. The fraction of sp³-hybridized carbons (Fsp3) is 0.926. The molecule has 4 aliphatic carbocycles. The van der Waals surface area contributed by atoms with Crippen molar-refractivity contribution in [1.82, 2.24) is 0 Å². The van der Waals surface area contributed by atoms with E-state index in [0.717, 1.165) is 37.7 Å². The van der Waals surface area contributed by atoms with Gasteiger partial charge in [-0.3, -0.25) is 0 Å². The van der Waals surface area contributed by atoms with Crippen LogP contribution in [0.5, 0.6) is 0 Å². The number of fused-ring (bicyclic) bond motifs is 7. The fourth-order valence-electron chi connectivity index (χ4n) is 9.52. The molecule has 11 atom stereocenters. The molecule has 0 radical (unpaired) electrons. The van der Waals surface area contributed by atoms with Gasteiger partial charge in [-0.25, -0.2) is 0 Å². The minimum atomic E-state index is -0.303. The Morgan fingerprint density at radius 2 is 1.87 bits per heavy atom. The van der Waals surface area contributed by atoms with Crippen molar-refractivity contribution in [2.24, 2.45) is 46.3 Å². The highest BCUT2D eigenvalue weighted by molar-refractivity contribution is 5.30. The van der Waals surface area contributed by atoms with Crippen LogP contribution >= 0.6 is 0 Å². The summed E-state index contributed by atoms with van der Waals surface area (Å²) in [6.07, 6.45) is 13.6. The molecule has 1 N–H and O–H groups in total. The quantitative estimate of drug-likeness (QED) is 0.516. The summed E-state index contributed by atoms with van der Waals surface area (Å²) in [5, 5.41) is 10.3. The van der Waals surface area contributed by atoms with Gasteiger partial charge in [0.2, 0.25) is 0 Å². The maximum absolute atomic E-state index is 10.3. The topological polar surface area (TPSA) is 38.7 Å². The lowest BCUT2D eigenvalue weighted by atomic mass is 9.48. The van der Waals surface area contributed by atoms with Crippen LogP contribution in [0.2, 0.25) is 0 Å². The molecule has 3 saturated carbocycles. The van der Waals surface area contributed by atoms with Crippen LogP contribution in [0.4, 0.5) is 0 Å². The van der Waals surface area contributed by atoms with Crippen LogP contribution in [-0.4, -0.2) is 29.7 Å². The van der Waals surface area contributed by atoms with Gasteiger partial charge in [0.05, 0.1) is 18.8 Å². The molecule has 0 aromatic rings. The molecule has 168 valence electrons. The minimum Gasteiger partial charge on any atom is -0.393 e. The molecule has 6 rings (SSSR count). The van der Waals surface area contributed by atoms with Crippen molar-refractivity contribution in [2.75, 3.05) is 6.61 Å². The van der Waals surface area contributed by atoms with E-state index in [4.69, 9.17) is 9.47 Å². The third-order valence-corrected chi connectivity index (χ3v) is 11.3. The Balaban J connectivity index is 1.30. The van der Waals surface area contributed by atoms with Gasteiger partial charge >= 0.3 is 0 Å². The second kappa shape index (κ2) is 6.58. The van der Waals surface area contributed by atoms with Gasteiger partial charge in [0.15, 0.2) is 5.79 Å². The molecule has 3 heteroatoms. The second-order valence-corrected chi connectivity index (χ2v) is 12.7. The average molecular weight is 415 g/mol. The largest absolute Gasteiger partial charge is 0.393 e. The predicted octanol–water partition coefficient (Wildman–Crippen LogP) is 5.71. The van der Waals surface area contributed by atoms with Crippen LogP contribution in [0.15, 0.2) is 11.6 Å². The third kappa shape index (κ3) is 2.55. The van der Waals surface area contributed by atoms with E-state index in [1.807, 2.05) is 0 Å². The first-order valence-electron chi connectivity index (χ1n) is 13.0. The third-order valence-electron chi connectivity index (χ3n) is 11.3. The Morgan fingerprint density at radius 1 is 1.03 bits per heavy atom. The Hall–Kier alpha value is -0.380. The summed E-state index contributed by atoms with van der Waals surface area (Å²) in [6, 6.07) is 0. The number of hydrogen-bond acceptors (Lipinski definition) is 3. The highest BCUT2D eigenvalue weighted by Crippen LogP contribution is 2.69. The molecule has 0 bridgehead atoms. The first-order chi connectivity index (χ1) is 14.3. The van der Waals surface area contributed by atoms with Gasteiger partial charge in [-0.05, 0) is 91.8 Å². The Labute approximate surface area is 183 Å². The number of allylic oxidation sites excluding steroid dienone is 2. The van der Waals surface area contributed by atoms with Gasteiger partial charge < -0.3 is 14.6 Å². The van der Waals surface area contributed by atoms with Crippen LogP contribution in [0.1, 0.15) is 85.5 Å². The van der Waals surface area contributed by atoms with E-state index in [2.05, 4.69) is 33.8 Å². The number of hydrogen-bond donors (Lipinski definition) is 1. The van der Waals surface area contributed by atoms with E-state index in [0.29, 0.717) is 40.6 Å². The van der Waals surface area contributed by atoms with E-state index >= 15 is 0 Å². The number of rotatable bonds is 0. The summed E-state index contributed by atoms with van der Waals surface area (Å²) in [5.41, 5.74) is 2.46. The van der Waals surface area contributed by atoms with Gasteiger partial charge in [0, 0.05) is 12.3 Å². The predicted molar refractivity (Wildman–Crippen MR) is 118 cm³/mol. The molecule has 0 unspecified atom stereocenters. The van der Waals surface area contributed by atoms with Crippen LogP contribution in [0.25, 0.3) is 0 Å². The van der Waals surface area contributed by atoms with Crippen LogP contribution in [0.3, 0.4) is 0 Å². The molecular formula is C27H42O3. The molecule has 0 amide bonds. The van der Waals surface area contributed by atoms with Crippen LogP contribution in [-0.2, 0) is 9.47 Å². The summed E-state index contributed by atoms with van der Waals surface area (Å²) in [5.74, 6) is 3.68. The van der Waals surface area contributed by atoms with Gasteiger partial charge in [0.1, 0.15) is 0 Å². The highest BCUT2D eigenvalue weighted by atomic mass is 16.7. The monoisotopic (exact) mass is 414 g/mol. The van der Waals surface area contributed by atoms with E-state index < -0.39 is 0 Å². The fourth-order valence-corrected chi connectivity index (χ4v) is 9.52. The summed E-state index contributed by atoms with van der Waals surface area (Å²) < 4.78 is 13.3.